The third kappa shape index (κ3) is 1.91. The lowest BCUT2D eigenvalue weighted by molar-refractivity contribution is 0.452. The van der Waals surface area contributed by atoms with Crippen LogP contribution in [0.25, 0.3) is 0 Å². The first-order valence-corrected chi connectivity index (χ1v) is 5.35. The minimum Gasteiger partial charge on any atom is -0.508 e. The van der Waals surface area contributed by atoms with Crippen LogP contribution in [0.5, 0.6) is 5.75 Å². The van der Waals surface area contributed by atoms with Crippen LogP contribution in [-0.4, -0.2) is 9.67 Å². The van der Waals surface area contributed by atoms with E-state index in [1.54, 1.807) is 6.07 Å². The molecule has 15 heavy (non-hydrogen) atoms. The average molecular weight is 207 g/mol. The minimum atomic E-state index is -0.111. The van der Waals surface area contributed by atoms with Crippen LogP contribution < -0.4 is 5.56 Å². The molecule has 1 aliphatic rings. The summed E-state index contributed by atoms with van der Waals surface area (Å²) in [7, 11) is 0. The smallest absolute Gasteiger partial charge is 0.254 e. The lowest BCUT2D eigenvalue weighted by Gasteiger charge is -2.24. The first-order valence-electron chi connectivity index (χ1n) is 5.35. The van der Waals surface area contributed by atoms with E-state index in [-0.39, 0.29) is 16.7 Å². The van der Waals surface area contributed by atoms with Gasteiger partial charge in [-0.2, -0.15) is 0 Å². The summed E-state index contributed by atoms with van der Waals surface area (Å²) >= 11 is 0. The van der Waals surface area contributed by atoms with Crippen molar-refractivity contribution < 1.29 is 5.11 Å². The zero-order valence-electron chi connectivity index (χ0n) is 9.45. The number of pyridine rings is 1. The summed E-state index contributed by atoms with van der Waals surface area (Å²) in [6, 6.07) is 3.36. The normalized spacial score (nSPS) is 16.7. The fraction of sp³-hybridized carbons (Fsp3) is 0.583. The van der Waals surface area contributed by atoms with Gasteiger partial charge in [-0.15, -0.1) is 0 Å². The molecule has 0 aromatic carbocycles. The van der Waals surface area contributed by atoms with Crippen molar-refractivity contribution >= 4 is 0 Å². The molecule has 0 spiro atoms. The molecule has 0 atom stereocenters. The van der Waals surface area contributed by atoms with Crippen molar-refractivity contribution in [3.8, 4) is 5.75 Å². The maximum Gasteiger partial charge on any atom is 0.254 e. The second-order valence-corrected chi connectivity index (χ2v) is 5.29. The Hall–Kier alpha value is -1.25. The molecule has 1 aromatic heterocycles. The molecular formula is C12H17NO2. The monoisotopic (exact) mass is 207 g/mol. The summed E-state index contributed by atoms with van der Waals surface area (Å²) in [5.41, 5.74) is 0.734. The van der Waals surface area contributed by atoms with Gasteiger partial charge in [0.05, 0.1) is 0 Å². The van der Waals surface area contributed by atoms with Crippen molar-refractivity contribution in [2.24, 2.45) is 0 Å². The molecule has 0 unspecified atom stereocenters. The zero-order chi connectivity index (χ0) is 11.2. The number of aromatic hydroxyl groups is 1. The maximum atomic E-state index is 11.8. The predicted molar refractivity (Wildman–Crippen MR) is 59.3 cm³/mol. The van der Waals surface area contributed by atoms with Gasteiger partial charge in [-0.3, -0.25) is 4.79 Å². The molecule has 2 rings (SSSR count). The molecule has 0 radical (unpaired) electrons. The molecule has 1 fully saturated rings. The summed E-state index contributed by atoms with van der Waals surface area (Å²) in [5, 5.41) is 9.47. The van der Waals surface area contributed by atoms with Gasteiger partial charge in [-0.25, -0.2) is 0 Å². The lowest BCUT2D eigenvalue weighted by Crippen LogP contribution is -2.28. The Kier molecular flexibility index (Phi) is 2.14. The van der Waals surface area contributed by atoms with Crippen LogP contribution in [0.15, 0.2) is 16.9 Å². The van der Waals surface area contributed by atoms with Crippen LogP contribution >= 0.6 is 0 Å². The van der Waals surface area contributed by atoms with Crippen molar-refractivity contribution in [3.63, 3.8) is 0 Å². The third-order valence-corrected chi connectivity index (χ3v) is 2.73. The van der Waals surface area contributed by atoms with Crippen molar-refractivity contribution in [2.75, 3.05) is 0 Å². The van der Waals surface area contributed by atoms with E-state index in [1.807, 2.05) is 4.57 Å². The summed E-state index contributed by atoms with van der Waals surface area (Å²) in [6.45, 7) is 6.17. The number of aromatic nitrogens is 1. The van der Waals surface area contributed by atoms with E-state index >= 15 is 0 Å². The van der Waals surface area contributed by atoms with Gasteiger partial charge < -0.3 is 9.67 Å². The molecule has 1 heterocycles. The quantitative estimate of drug-likeness (QED) is 0.767. The molecule has 1 aromatic rings. The van der Waals surface area contributed by atoms with E-state index < -0.39 is 0 Å². The maximum absolute atomic E-state index is 11.8. The molecule has 0 amide bonds. The Morgan fingerprint density at radius 2 is 1.93 bits per heavy atom. The standard InChI is InChI=1S/C12H17NO2/c1-12(2,3)10-6-9(14)7-11(15)13(10)8-4-5-8/h6-8,14H,4-5H2,1-3H3. The summed E-state index contributed by atoms with van der Waals surface area (Å²) in [5.74, 6) is 0.0711. The van der Waals surface area contributed by atoms with Gasteiger partial charge >= 0.3 is 0 Å². The molecular weight excluding hydrogens is 190 g/mol. The van der Waals surface area contributed by atoms with Crippen LogP contribution in [0.2, 0.25) is 0 Å². The van der Waals surface area contributed by atoms with Gasteiger partial charge in [0.15, 0.2) is 0 Å². The van der Waals surface area contributed by atoms with Gasteiger partial charge in [0.2, 0.25) is 0 Å². The molecule has 1 N–H and O–H groups in total. The van der Waals surface area contributed by atoms with E-state index in [1.165, 1.54) is 6.07 Å². The second-order valence-electron chi connectivity index (χ2n) is 5.29. The molecule has 1 saturated carbocycles. The summed E-state index contributed by atoms with van der Waals surface area (Å²) in [6.07, 6.45) is 2.15. The highest BCUT2D eigenvalue weighted by atomic mass is 16.3. The van der Waals surface area contributed by atoms with Crippen LogP contribution in [0.4, 0.5) is 0 Å². The number of hydrogen-bond acceptors (Lipinski definition) is 2. The third-order valence-electron chi connectivity index (χ3n) is 2.73. The average Bonchev–Trinajstić information content (AvgIpc) is 2.84. The summed E-state index contributed by atoms with van der Waals surface area (Å²) in [4.78, 5) is 11.8. The minimum absolute atomic E-state index is 0.0711. The van der Waals surface area contributed by atoms with Crippen LogP contribution in [0, 0.1) is 0 Å². The van der Waals surface area contributed by atoms with E-state index in [4.69, 9.17) is 0 Å². The molecule has 3 nitrogen and oxygen atoms in total. The van der Waals surface area contributed by atoms with Crippen molar-refractivity contribution in [1.29, 1.82) is 0 Å². The van der Waals surface area contributed by atoms with E-state index in [0.29, 0.717) is 6.04 Å². The van der Waals surface area contributed by atoms with Gasteiger partial charge in [-0.05, 0) is 12.8 Å². The first-order chi connectivity index (χ1) is 6.89. The Morgan fingerprint density at radius 1 is 1.33 bits per heavy atom. The molecule has 0 bridgehead atoms. The van der Waals surface area contributed by atoms with Crippen LogP contribution in [0.3, 0.4) is 0 Å². The highest BCUT2D eigenvalue weighted by molar-refractivity contribution is 5.27. The fourth-order valence-electron chi connectivity index (χ4n) is 1.85. The van der Waals surface area contributed by atoms with Crippen molar-refractivity contribution in [2.45, 2.75) is 45.1 Å². The topological polar surface area (TPSA) is 42.2 Å². The Balaban J connectivity index is 2.64. The number of hydrogen-bond donors (Lipinski definition) is 1. The Morgan fingerprint density at radius 3 is 2.40 bits per heavy atom. The van der Waals surface area contributed by atoms with E-state index in [9.17, 15) is 9.90 Å². The number of rotatable bonds is 1. The predicted octanol–water partition coefficient (Wildman–Crippen LogP) is 2.19. The Labute approximate surface area is 89.4 Å². The SMILES string of the molecule is CC(C)(C)c1cc(O)cc(=O)n1C1CC1. The molecule has 0 aliphatic heterocycles. The Bertz CT molecular complexity index is 436. The highest BCUT2D eigenvalue weighted by Crippen LogP contribution is 2.37. The fourth-order valence-corrected chi connectivity index (χ4v) is 1.85. The zero-order valence-corrected chi connectivity index (χ0v) is 9.45. The molecule has 82 valence electrons. The van der Waals surface area contributed by atoms with E-state index in [2.05, 4.69) is 20.8 Å². The largest absolute Gasteiger partial charge is 0.508 e. The first kappa shape index (κ1) is 10.3. The van der Waals surface area contributed by atoms with Gasteiger partial charge in [0.1, 0.15) is 5.75 Å². The lowest BCUT2D eigenvalue weighted by atomic mass is 9.91. The van der Waals surface area contributed by atoms with Gasteiger partial charge in [0.25, 0.3) is 5.56 Å². The molecule has 0 saturated heterocycles. The van der Waals surface area contributed by atoms with Crippen LogP contribution in [-0.2, 0) is 5.41 Å². The summed E-state index contributed by atoms with van der Waals surface area (Å²) < 4.78 is 1.83. The van der Waals surface area contributed by atoms with Crippen LogP contribution in [0.1, 0.15) is 45.3 Å². The highest BCUT2D eigenvalue weighted by Gasteiger charge is 2.30. The van der Waals surface area contributed by atoms with Gasteiger partial charge in [-0.1, -0.05) is 20.8 Å². The molecule has 1 aliphatic carbocycles. The number of nitrogens with zero attached hydrogens (tertiary/aromatic N) is 1. The van der Waals surface area contributed by atoms with Gasteiger partial charge in [0, 0.05) is 29.3 Å². The van der Waals surface area contributed by atoms with E-state index in [0.717, 1.165) is 18.5 Å². The second kappa shape index (κ2) is 3.12. The molecule has 3 heteroatoms. The van der Waals surface area contributed by atoms with Crippen molar-refractivity contribution in [3.05, 3.63) is 28.2 Å². The van der Waals surface area contributed by atoms with Crippen molar-refractivity contribution in [1.82, 2.24) is 4.57 Å².